The molecule has 1 heterocycles. The van der Waals surface area contributed by atoms with Crippen LogP contribution in [0.4, 0.5) is 4.39 Å². The fourth-order valence-corrected chi connectivity index (χ4v) is 1.70. The van der Waals surface area contributed by atoms with Crippen LogP contribution in [-0.2, 0) is 6.42 Å². The second-order valence-electron chi connectivity index (χ2n) is 3.90. The minimum absolute atomic E-state index is 0.226. The summed E-state index contributed by atoms with van der Waals surface area (Å²) >= 11 is 0. The first kappa shape index (κ1) is 10.9. The first-order valence-electron chi connectivity index (χ1n) is 5.21. The van der Waals surface area contributed by atoms with Crippen LogP contribution in [0.1, 0.15) is 22.9 Å². The van der Waals surface area contributed by atoms with Gasteiger partial charge in [0.1, 0.15) is 11.6 Å². The van der Waals surface area contributed by atoms with E-state index in [9.17, 15) is 4.39 Å². The van der Waals surface area contributed by atoms with E-state index in [4.69, 9.17) is 10.2 Å². The van der Waals surface area contributed by atoms with Gasteiger partial charge >= 0.3 is 0 Å². The number of aryl methyl sites for hydroxylation is 1. The van der Waals surface area contributed by atoms with Crippen molar-refractivity contribution in [3.63, 3.8) is 0 Å². The van der Waals surface area contributed by atoms with Gasteiger partial charge in [0.15, 0.2) is 0 Å². The van der Waals surface area contributed by atoms with Crippen LogP contribution in [0.15, 0.2) is 41.0 Å². The molecule has 1 aromatic carbocycles. The minimum atomic E-state index is -0.229. The highest BCUT2D eigenvalue weighted by Gasteiger charge is 2.11. The zero-order valence-corrected chi connectivity index (χ0v) is 9.11. The largest absolute Gasteiger partial charge is 0.468 e. The average Bonchev–Trinajstić information content (AvgIpc) is 2.76. The van der Waals surface area contributed by atoms with E-state index >= 15 is 0 Å². The Hall–Kier alpha value is -1.61. The van der Waals surface area contributed by atoms with Crippen LogP contribution in [0.3, 0.4) is 0 Å². The molecule has 0 bridgehead atoms. The molecule has 2 nitrogen and oxygen atoms in total. The van der Waals surface area contributed by atoms with Crippen molar-refractivity contribution in [2.75, 3.05) is 0 Å². The Kier molecular flexibility index (Phi) is 3.06. The molecule has 0 radical (unpaired) electrons. The third-order valence-corrected chi connectivity index (χ3v) is 2.66. The molecule has 16 heavy (non-hydrogen) atoms. The Bertz CT molecular complexity index is 465. The highest BCUT2D eigenvalue weighted by molar-refractivity contribution is 5.28. The lowest BCUT2D eigenvalue weighted by atomic mass is 10.0. The van der Waals surface area contributed by atoms with Crippen molar-refractivity contribution in [1.29, 1.82) is 0 Å². The maximum Gasteiger partial charge on any atom is 0.123 e. The first-order chi connectivity index (χ1) is 7.66. The number of furan rings is 1. The van der Waals surface area contributed by atoms with Gasteiger partial charge in [0.25, 0.3) is 0 Å². The quantitative estimate of drug-likeness (QED) is 0.861. The first-order valence-corrected chi connectivity index (χ1v) is 5.21. The molecule has 2 rings (SSSR count). The molecule has 0 fully saturated rings. The molecule has 1 unspecified atom stereocenters. The Morgan fingerprint density at radius 2 is 2.19 bits per heavy atom. The average molecular weight is 219 g/mol. The second kappa shape index (κ2) is 4.49. The van der Waals surface area contributed by atoms with E-state index in [1.807, 2.05) is 13.0 Å². The van der Waals surface area contributed by atoms with E-state index < -0.39 is 0 Å². The van der Waals surface area contributed by atoms with Gasteiger partial charge in [-0.3, -0.25) is 0 Å². The SMILES string of the molecule is Cc1ccc(F)cc1CC(N)c1ccco1. The van der Waals surface area contributed by atoms with E-state index in [0.717, 1.165) is 16.9 Å². The lowest BCUT2D eigenvalue weighted by Gasteiger charge is -2.11. The second-order valence-corrected chi connectivity index (χ2v) is 3.90. The minimum Gasteiger partial charge on any atom is -0.468 e. The van der Waals surface area contributed by atoms with Crippen LogP contribution in [0, 0.1) is 12.7 Å². The molecular weight excluding hydrogens is 205 g/mol. The summed E-state index contributed by atoms with van der Waals surface area (Å²) in [6.07, 6.45) is 2.17. The molecule has 1 atom stereocenters. The summed E-state index contributed by atoms with van der Waals surface area (Å²) < 4.78 is 18.3. The van der Waals surface area contributed by atoms with Crippen LogP contribution < -0.4 is 5.73 Å². The van der Waals surface area contributed by atoms with Gasteiger partial charge in [0, 0.05) is 0 Å². The Balaban J connectivity index is 2.17. The summed E-state index contributed by atoms with van der Waals surface area (Å²) in [7, 11) is 0. The molecule has 0 spiro atoms. The van der Waals surface area contributed by atoms with E-state index in [1.54, 1.807) is 18.4 Å². The normalized spacial score (nSPS) is 12.7. The Morgan fingerprint density at radius 1 is 1.38 bits per heavy atom. The fraction of sp³-hybridized carbons (Fsp3) is 0.231. The molecule has 0 aliphatic rings. The van der Waals surface area contributed by atoms with Crippen molar-refractivity contribution in [2.24, 2.45) is 5.73 Å². The van der Waals surface area contributed by atoms with Crippen molar-refractivity contribution in [3.8, 4) is 0 Å². The molecular formula is C13H14FNO. The van der Waals surface area contributed by atoms with Crippen LogP contribution >= 0.6 is 0 Å². The predicted molar refractivity (Wildman–Crippen MR) is 60.5 cm³/mol. The van der Waals surface area contributed by atoms with Crippen LogP contribution in [0.25, 0.3) is 0 Å². The van der Waals surface area contributed by atoms with Gasteiger partial charge in [-0.2, -0.15) is 0 Å². The van der Waals surface area contributed by atoms with Crippen molar-refractivity contribution in [3.05, 3.63) is 59.3 Å². The lowest BCUT2D eigenvalue weighted by molar-refractivity contribution is 0.464. The van der Waals surface area contributed by atoms with Gasteiger partial charge in [0.05, 0.1) is 12.3 Å². The maximum atomic E-state index is 13.1. The topological polar surface area (TPSA) is 39.2 Å². The zero-order chi connectivity index (χ0) is 11.5. The maximum absolute atomic E-state index is 13.1. The number of nitrogens with two attached hydrogens (primary N) is 1. The number of rotatable bonds is 3. The highest BCUT2D eigenvalue weighted by Crippen LogP contribution is 2.19. The van der Waals surface area contributed by atoms with Gasteiger partial charge in [-0.1, -0.05) is 6.07 Å². The molecule has 1 aromatic heterocycles. The third-order valence-electron chi connectivity index (χ3n) is 2.66. The van der Waals surface area contributed by atoms with Crippen molar-refractivity contribution in [1.82, 2.24) is 0 Å². The summed E-state index contributed by atoms with van der Waals surface area (Å²) in [5, 5.41) is 0. The van der Waals surface area contributed by atoms with Crippen molar-refractivity contribution >= 4 is 0 Å². The van der Waals surface area contributed by atoms with Gasteiger partial charge < -0.3 is 10.2 Å². The number of hydrogen-bond donors (Lipinski definition) is 1. The lowest BCUT2D eigenvalue weighted by Crippen LogP contribution is -2.13. The third kappa shape index (κ3) is 2.31. The van der Waals surface area contributed by atoms with E-state index in [2.05, 4.69) is 0 Å². The molecule has 0 saturated carbocycles. The smallest absolute Gasteiger partial charge is 0.123 e. The number of hydrogen-bond acceptors (Lipinski definition) is 2. The van der Waals surface area contributed by atoms with Gasteiger partial charge in [-0.25, -0.2) is 4.39 Å². The van der Waals surface area contributed by atoms with Crippen LogP contribution in [0.5, 0.6) is 0 Å². The molecule has 0 amide bonds. The Labute approximate surface area is 93.9 Å². The summed E-state index contributed by atoms with van der Waals surface area (Å²) in [5.41, 5.74) is 7.94. The van der Waals surface area contributed by atoms with Crippen LogP contribution in [-0.4, -0.2) is 0 Å². The molecule has 0 saturated heterocycles. The molecule has 2 N–H and O–H groups in total. The highest BCUT2D eigenvalue weighted by atomic mass is 19.1. The summed E-state index contributed by atoms with van der Waals surface area (Å²) in [4.78, 5) is 0. The molecule has 0 aliphatic heterocycles. The number of benzene rings is 1. The van der Waals surface area contributed by atoms with Crippen molar-refractivity contribution in [2.45, 2.75) is 19.4 Å². The molecule has 84 valence electrons. The summed E-state index contributed by atoms with van der Waals surface area (Å²) in [6.45, 7) is 1.95. The monoisotopic (exact) mass is 219 g/mol. The van der Waals surface area contributed by atoms with Gasteiger partial charge in [-0.15, -0.1) is 0 Å². The number of halogens is 1. The molecule has 2 aromatic rings. The van der Waals surface area contributed by atoms with Crippen LogP contribution in [0.2, 0.25) is 0 Å². The van der Waals surface area contributed by atoms with Crippen molar-refractivity contribution < 1.29 is 8.81 Å². The predicted octanol–water partition coefficient (Wildman–Crippen LogP) is 2.97. The summed E-state index contributed by atoms with van der Waals surface area (Å²) in [6, 6.07) is 8.15. The summed E-state index contributed by atoms with van der Waals surface area (Å²) in [5.74, 6) is 0.496. The fourth-order valence-electron chi connectivity index (χ4n) is 1.70. The van der Waals surface area contributed by atoms with E-state index in [-0.39, 0.29) is 11.9 Å². The zero-order valence-electron chi connectivity index (χ0n) is 9.11. The van der Waals surface area contributed by atoms with E-state index in [0.29, 0.717) is 6.42 Å². The van der Waals surface area contributed by atoms with Gasteiger partial charge in [0.2, 0.25) is 0 Å². The van der Waals surface area contributed by atoms with Gasteiger partial charge in [-0.05, 0) is 48.7 Å². The standard InChI is InChI=1S/C13H14FNO/c1-9-4-5-11(14)7-10(9)8-12(15)13-3-2-6-16-13/h2-7,12H,8,15H2,1H3. The molecule has 0 aliphatic carbocycles. The molecule has 3 heteroatoms. The Morgan fingerprint density at radius 3 is 2.88 bits per heavy atom. The van der Waals surface area contributed by atoms with E-state index in [1.165, 1.54) is 12.1 Å².